The SMILES string of the molecule is C1=C[C@]2(c3ccccc3)O[C@@]1(c1ccccc1)c1ccccc12. The summed E-state index contributed by atoms with van der Waals surface area (Å²) in [4.78, 5) is 0. The molecule has 110 valence electrons. The summed E-state index contributed by atoms with van der Waals surface area (Å²) in [6.45, 7) is 0. The molecule has 0 spiro atoms. The Kier molecular flexibility index (Phi) is 2.48. The third-order valence-corrected chi connectivity index (χ3v) is 5.01. The molecule has 2 heterocycles. The van der Waals surface area contributed by atoms with Gasteiger partial charge in [0.15, 0.2) is 0 Å². The molecule has 0 saturated carbocycles. The first-order chi connectivity index (χ1) is 11.4. The van der Waals surface area contributed by atoms with E-state index in [1.54, 1.807) is 0 Å². The Bertz CT molecular complexity index is 823. The molecule has 0 aliphatic carbocycles. The van der Waals surface area contributed by atoms with Gasteiger partial charge in [-0.2, -0.15) is 0 Å². The minimum Gasteiger partial charge on any atom is -0.341 e. The van der Waals surface area contributed by atoms with Gasteiger partial charge in [-0.3, -0.25) is 0 Å². The molecular formula is C22H16O. The average Bonchev–Trinajstić information content (AvgIpc) is 3.19. The smallest absolute Gasteiger partial charge is 0.139 e. The lowest BCUT2D eigenvalue weighted by Gasteiger charge is -2.26. The number of ether oxygens (including phenoxy) is 1. The van der Waals surface area contributed by atoms with Gasteiger partial charge in [-0.05, 0) is 34.4 Å². The van der Waals surface area contributed by atoms with Crippen molar-refractivity contribution in [3.8, 4) is 0 Å². The van der Waals surface area contributed by atoms with Crippen molar-refractivity contribution >= 4 is 0 Å². The second kappa shape index (κ2) is 4.43. The summed E-state index contributed by atoms with van der Waals surface area (Å²) in [6.07, 6.45) is 4.44. The molecule has 3 aromatic carbocycles. The van der Waals surface area contributed by atoms with E-state index in [2.05, 4.69) is 84.9 Å². The van der Waals surface area contributed by atoms with Crippen molar-refractivity contribution in [1.82, 2.24) is 0 Å². The third kappa shape index (κ3) is 1.55. The zero-order valence-corrected chi connectivity index (χ0v) is 12.6. The number of rotatable bonds is 2. The second-order valence-corrected chi connectivity index (χ2v) is 6.18. The van der Waals surface area contributed by atoms with E-state index in [0.29, 0.717) is 0 Å². The molecule has 2 aliphatic heterocycles. The van der Waals surface area contributed by atoms with Crippen LogP contribution in [0.4, 0.5) is 0 Å². The second-order valence-electron chi connectivity index (χ2n) is 6.18. The van der Waals surface area contributed by atoms with E-state index >= 15 is 0 Å². The van der Waals surface area contributed by atoms with Gasteiger partial charge < -0.3 is 4.74 Å². The van der Waals surface area contributed by atoms with Crippen LogP contribution in [0.2, 0.25) is 0 Å². The topological polar surface area (TPSA) is 9.23 Å². The molecule has 0 unspecified atom stereocenters. The van der Waals surface area contributed by atoms with Crippen molar-refractivity contribution in [3.05, 3.63) is 119 Å². The molecule has 1 nitrogen and oxygen atoms in total. The van der Waals surface area contributed by atoms with E-state index in [1.807, 2.05) is 12.1 Å². The maximum Gasteiger partial charge on any atom is 0.139 e. The first kappa shape index (κ1) is 12.9. The first-order valence-electron chi connectivity index (χ1n) is 7.97. The molecular weight excluding hydrogens is 280 g/mol. The van der Waals surface area contributed by atoms with Gasteiger partial charge in [-0.1, -0.05) is 84.9 Å². The average molecular weight is 296 g/mol. The van der Waals surface area contributed by atoms with Crippen molar-refractivity contribution in [1.29, 1.82) is 0 Å². The van der Waals surface area contributed by atoms with Gasteiger partial charge in [0.25, 0.3) is 0 Å². The van der Waals surface area contributed by atoms with Crippen LogP contribution in [0, 0.1) is 0 Å². The molecule has 5 rings (SSSR count). The van der Waals surface area contributed by atoms with Crippen LogP contribution < -0.4 is 0 Å². The monoisotopic (exact) mass is 296 g/mol. The van der Waals surface area contributed by atoms with Crippen LogP contribution in [-0.4, -0.2) is 0 Å². The first-order valence-corrected chi connectivity index (χ1v) is 7.97. The number of benzene rings is 3. The van der Waals surface area contributed by atoms with Gasteiger partial charge in [0.1, 0.15) is 11.2 Å². The number of fused-ring (bicyclic) bond motifs is 5. The number of hydrogen-bond acceptors (Lipinski definition) is 1. The quantitative estimate of drug-likeness (QED) is 0.619. The minimum absolute atomic E-state index is 0.478. The highest BCUT2D eigenvalue weighted by atomic mass is 16.5. The fourth-order valence-corrected chi connectivity index (χ4v) is 3.97. The Labute approximate surface area is 135 Å². The standard InChI is InChI=1S/C22H16O/c1-3-9-17(10-4-1)21-15-16-22(23-21,18-11-5-2-6-12-18)20-14-8-7-13-19(20)21/h1-16H/t21-,22+. The fourth-order valence-electron chi connectivity index (χ4n) is 3.97. The zero-order chi connectivity index (χ0) is 15.3. The summed E-state index contributed by atoms with van der Waals surface area (Å²) in [5, 5.41) is 0. The van der Waals surface area contributed by atoms with Crippen molar-refractivity contribution < 1.29 is 4.74 Å². The molecule has 3 aromatic rings. The molecule has 2 bridgehead atoms. The molecule has 2 aliphatic rings. The Balaban J connectivity index is 1.80. The summed E-state index contributed by atoms with van der Waals surface area (Å²) < 4.78 is 6.78. The summed E-state index contributed by atoms with van der Waals surface area (Å²) >= 11 is 0. The summed E-state index contributed by atoms with van der Waals surface area (Å²) in [5.74, 6) is 0. The highest BCUT2D eigenvalue weighted by Crippen LogP contribution is 2.59. The van der Waals surface area contributed by atoms with E-state index in [9.17, 15) is 0 Å². The van der Waals surface area contributed by atoms with Crippen LogP contribution in [0.15, 0.2) is 97.1 Å². The lowest BCUT2D eigenvalue weighted by atomic mass is 9.76. The van der Waals surface area contributed by atoms with Gasteiger partial charge in [0, 0.05) is 0 Å². The molecule has 0 N–H and O–H groups in total. The predicted octanol–water partition coefficient (Wildman–Crippen LogP) is 4.77. The summed E-state index contributed by atoms with van der Waals surface area (Å²) in [5.41, 5.74) is 3.90. The zero-order valence-electron chi connectivity index (χ0n) is 12.6. The predicted molar refractivity (Wildman–Crippen MR) is 91.1 cm³/mol. The van der Waals surface area contributed by atoms with Crippen LogP contribution in [0.5, 0.6) is 0 Å². The van der Waals surface area contributed by atoms with E-state index in [0.717, 1.165) is 0 Å². The van der Waals surface area contributed by atoms with E-state index in [-0.39, 0.29) is 0 Å². The molecule has 0 saturated heterocycles. The maximum atomic E-state index is 6.78. The van der Waals surface area contributed by atoms with Gasteiger partial charge in [0.2, 0.25) is 0 Å². The van der Waals surface area contributed by atoms with Crippen LogP contribution in [0.1, 0.15) is 22.3 Å². The van der Waals surface area contributed by atoms with Crippen molar-refractivity contribution in [2.45, 2.75) is 11.2 Å². The van der Waals surface area contributed by atoms with Crippen LogP contribution in [0.25, 0.3) is 0 Å². The largest absolute Gasteiger partial charge is 0.341 e. The Morgan fingerprint density at radius 1 is 0.478 bits per heavy atom. The van der Waals surface area contributed by atoms with Crippen molar-refractivity contribution in [2.75, 3.05) is 0 Å². The van der Waals surface area contributed by atoms with Gasteiger partial charge >= 0.3 is 0 Å². The lowest BCUT2D eigenvalue weighted by Crippen LogP contribution is -2.25. The van der Waals surface area contributed by atoms with Crippen molar-refractivity contribution in [3.63, 3.8) is 0 Å². The Morgan fingerprint density at radius 2 is 0.870 bits per heavy atom. The minimum atomic E-state index is -0.478. The lowest BCUT2D eigenvalue weighted by molar-refractivity contribution is -0.0237. The molecule has 2 atom stereocenters. The molecule has 23 heavy (non-hydrogen) atoms. The Morgan fingerprint density at radius 3 is 1.30 bits per heavy atom. The van der Waals surface area contributed by atoms with Gasteiger partial charge in [0.05, 0.1) is 0 Å². The molecule has 0 fully saturated rings. The van der Waals surface area contributed by atoms with Crippen LogP contribution >= 0.6 is 0 Å². The highest BCUT2D eigenvalue weighted by molar-refractivity contribution is 5.61. The van der Waals surface area contributed by atoms with Gasteiger partial charge in [-0.25, -0.2) is 0 Å². The van der Waals surface area contributed by atoms with E-state index < -0.39 is 11.2 Å². The Hall–Kier alpha value is -2.64. The van der Waals surface area contributed by atoms with E-state index in [1.165, 1.54) is 22.3 Å². The molecule has 0 amide bonds. The molecule has 1 heteroatoms. The van der Waals surface area contributed by atoms with Gasteiger partial charge in [-0.15, -0.1) is 0 Å². The normalized spacial score (nSPS) is 27.1. The van der Waals surface area contributed by atoms with Crippen LogP contribution in [0.3, 0.4) is 0 Å². The number of hydrogen-bond donors (Lipinski definition) is 0. The maximum absolute atomic E-state index is 6.78. The molecule has 0 aromatic heterocycles. The molecule has 0 radical (unpaired) electrons. The summed E-state index contributed by atoms with van der Waals surface area (Å²) in [6, 6.07) is 29.6. The van der Waals surface area contributed by atoms with E-state index in [4.69, 9.17) is 4.74 Å². The van der Waals surface area contributed by atoms with Crippen molar-refractivity contribution in [2.24, 2.45) is 0 Å². The fraction of sp³-hybridized carbons (Fsp3) is 0.0909. The van der Waals surface area contributed by atoms with Crippen LogP contribution in [-0.2, 0) is 15.9 Å². The summed E-state index contributed by atoms with van der Waals surface area (Å²) in [7, 11) is 0. The third-order valence-electron chi connectivity index (χ3n) is 5.01. The highest BCUT2D eigenvalue weighted by Gasteiger charge is 2.57.